The summed E-state index contributed by atoms with van der Waals surface area (Å²) in [6, 6.07) is 0. The van der Waals surface area contributed by atoms with E-state index < -0.39 is 8.07 Å². The van der Waals surface area contributed by atoms with Gasteiger partial charge in [0.1, 0.15) is 8.07 Å². The highest BCUT2D eigenvalue weighted by atomic mass is 35.5. The van der Waals surface area contributed by atoms with Crippen molar-refractivity contribution in [1.82, 2.24) is 0 Å². The lowest BCUT2D eigenvalue weighted by Crippen LogP contribution is -2.38. The molecule has 12 heavy (non-hydrogen) atoms. The molecule has 0 unspecified atom stereocenters. The molecule has 0 aliphatic carbocycles. The molecule has 0 aromatic carbocycles. The quantitative estimate of drug-likeness (QED) is 0.494. The highest BCUT2D eigenvalue weighted by Gasteiger charge is 2.38. The Balaban J connectivity index is 4.73. The second-order valence-electron chi connectivity index (χ2n) is 4.58. The Morgan fingerprint density at radius 2 is 1.75 bits per heavy atom. The van der Waals surface area contributed by atoms with Gasteiger partial charge in [0.15, 0.2) is 0 Å². The molecule has 1 nitrogen and oxygen atoms in total. The van der Waals surface area contributed by atoms with Gasteiger partial charge in [-0.3, -0.25) is 0 Å². The van der Waals surface area contributed by atoms with E-state index in [0.717, 1.165) is 4.66 Å². The number of hydrogen-bond donors (Lipinski definition) is 0. The molecular formula is C9H19ClOSi. The van der Waals surface area contributed by atoms with Gasteiger partial charge in [-0.1, -0.05) is 45.5 Å². The van der Waals surface area contributed by atoms with Gasteiger partial charge < -0.3 is 4.74 Å². The number of halogens is 1. The SMILES string of the molecule is CO/C=C(\Cl)[Si](C)(C)C(C)(C)C. The topological polar surface area (TPSA) is 9.23 Å². The summed E-state index contributed by atoms with van der Waals surface area (Å²) in [5.41, 5.74) is 0. The van der Waals surface area contributed by atoms with Gasteiger partial charge in [-0.15, -0.1) is 0 Å². The molecule has 3 heteroatoms. The van der Waals surface area contributed by atoms with Crippen molar-refractivity contribution in [2.45, 2.75) is 38.9 Å². The van der Waals surface area contributed by atoms with Crippen molar-refractivity contribution in [3.05, 3.63) is 10.9 Å². The molecule has 0 aliphatic heterocycles. The van der Waals surface area contributed by atoms with Gasteiger partial charge in [0.05, 0.1) is 13.4 Å². The third-order valence-electron chi connectivity index (χ3n) is 2.69. The van der Waals surface area contributed by atoms with Crippen LogP contribution in [0.5, 0.6) is 0 Å². The van der Waals surface area contributed by atoms with E-state index in [1.165, 1.54) is 0 Å². The summed E-state index contributed by atoms with van der Waals surface area (Å²) in [5, 5.41) is 0.277. The van der Waals surface area contributed by atoms with Crippen molar-refractivity contribution >= 4 is 19.7 Å². The minimum Gasteiger partial charge on any atom is -0.504 e. The van der Waals surface area contributed by atoms with Gasteiger partial charge in [0.25, 0.3) is 0 Å². The zero-order valence-corrected chi connectivity index (χ0v) is 10.6. The molecule has 0 aromatic rings. The maximum atomic E-state index is 6.16. The summed E-state index contributed by atoms with van der Waals surface area (Å²) < 4.78 is 5.83. The van der Waals surface area contributed by atoms with Crippen LogP contribution >= 0.6 is 11.6 Å². The van der Waals surface area contributed by atoms with Gasteiger partial charge in [0, 0.05) is 4.66 Å². The van der Waals surface area contributed by atoms with E-state index in [2.05, 4.69) is 33.9 Å². The second-order valence-corrected chi connectivity index (χ2v) is 10.6. The molecule has 72 valence electrons. The third-order valence-corrected chi connectivity index (χ3v) is 9.26. The number of hydrogen-bond acceptors (Lipinski definition) is 1. The van der Waals surface area contributed by atoms with E-state index in [-0.39, 0.29) is 5.04 Å². The van der Waals surface area contributed by atoms with Crippen LogP contribution in [0.4, 0.5) is 0 Å². The van der Waals surface area contributed by atoms with Gasteiger partial charge >= 0.3 is 0 Å². The predicted molar refractivity (Wildman–Crippen MR) is 58.1 cm³/mol. The average Bonchev–Trinajstić information content (AvgIpc) is 1.85. The maximum absolute atomic E-state index is 6.16. The first kappa shape index (κ1) is 12.0. The molecule has 0 radical (unpaired) electrons. The van der Waals surface area contributed by atoms with Crippen LogP contribution in [0.2, 0.25) is 18.1 Å². The van der Waals surface area contributed by atoms with E-state index >= 15 is 0 Å². The maximum Gasteiger partial charge on any atom is 0.105 e. The van der Waals surface area contributed by atoms with Crippen molar-refractivity contribution in [2.24, 2.45) is 0 Å². The summed E-state index contributed by atoms with van der Waals surface area (Å²) >= 11 is 6.16. The average molecular weight is 207 g/mol. The summed E-state index contributed by atoms with van der Waals surface area (Å²) in [7, 11) is 0.107. The van der Waals surface area contributed by atoms with Crippen LogP contribution in [0.15, 0.2) is 10.9 Å². The first-order valence-corrected chi connectivity index (χ1v) is 7.50. The van der Waals surface area contributed by atoms with Gasteiger partial charge in [-0.25, -0.2) is 0 Å². The molecule has 0 fully saturated rings. The lowest BCUT2D eigenvalue weighted by molar-refractivity contribution is 0.337. The van der Waals surface area contributed by atoms with Crippen molar-refractivity contribution in [2.75, 3.05) is 7.11 Å². The Hall–Kier alpha value is 0.0469. The van der Waals surface area contributed by atoms with Crippen molar-refractivity contribution in [3.63, 3.8) is 0 Å². The lowest BCUT2D eigenvalue weighted by Gasteiger charge is -2.36. The molecule has 0 bridgehead atoms. The Morgan fingerprint density at radius 3 is 2.00 bits per heavy atom. The number of methoxy groups -OCH3 is 1. The molecule has 0 spiro atoms. The molecule has 0 aromatic heterocycles. The smallest absolute Gasteiger partial charge is 0.105 e. The van der Waals surface area contributed by atoms with Crippen LogP contribution in [0.1, 0.15) is 20.8 Å². The van der Waals surface area contributed by atoms with Crippen LogP contribution in [-0.2, 0) is 4.74 Å². The Kier molecular flexibility index (Phi) is 3.85. The molecule has 0 rings (SSSR count). The van der Waals surface area contributed by atoms with E-state index in [4.69, 9.17) is 16.3 Å². The van der Waals surface area contributed by atoms with Crippen LogP contribution in [0, 0.1) is 0 Å². The van der Waals surface area contributed by atoms with E-state index in [0.29, 0.717) is 0 Å². The predicted octanol–water partition coefficient (Wildman–Crippen LogP) is 3.76. The lowest BCUT2D eigenvalue weighted by atomic mass is 10.2. The summed E-state index contributed by atoms with van der Waals surface area (Å²) in [5.74, 6) is 0. The van der Waals surface area contributed by atoms with Gasteiger partial charge in [-0.2, -0.15) is 0 Å². The molecule has 0 heterocycles. The largest absolute Gasteiger partial charge is 0.504 e. The van der Waals surface area contributed by atoms with E-state index in [1.807, 2.05) is 0 Å². The zero-order valence-electron chi connectivity index (χ0n) is 8.86. The molecule has 0 saturated heterocycles. The highest BCUT2D eigenvalue weighted by Crippen LogP contribution is 2.41. The summed E-state index contributed by atoms with van der Waals surface area (Å²) in [6.07, 6.45) is 1.67. The van der Waals surface area contributed by atoms with Gasteiger partial charge in [0.2, 0.25) is 0 Å². The van der Waals surface area contributed by atoms with Crippen molar-refractivity contribution in [3.8, 4) is 0 Å². The monoisotopic (exact) mass is 206 g/mol. The Bertz CT molecular complexity index is 179. The molecule has 0 saturated carbocycles. The van der Waals surface area contributed by atoms with Crippen LogP contribution in [-0.4, -0.2) is 15.2 Å². The van der Waals surface area contributed by atoms with E-state index in [9.17, 15) is 0 Å². The minimum absolute atomic E-state index is 0.277. The molecular weight excluding hydrogens is 188 g/mol. The minimum atomic E-state index is -1.53. The normalized spacial score (nSPS) is 14.8. The number of rotatable bonds is 2. The second kappa shape index (κ2) is 3.84. The van der Waals surface area contributed by atoms with Crippen LogP contribution in [0.25, 0.3) is 0 Å². The first-order valence-electron chi connectivity index (χ1n) is 4.12. The fraction of sp³-hybridized carbons (Fsp3) is 0.778. The summed E-state index contributed by atoms with van der Waals surface area (Å²) in [6.45, 7) is 11.2. The first-order chi connectivity index (χ1) is 5.23. The highest BCUT2D eigenvalue weighted by molar-refractivity contribution is 6.94. The van der Waals surface area contributed by atoms with Crippen LogP contribution < -0.4 is 0 Å². The van der Waals surface area contributed by atoms with Crippen LogP contribution in [0.3, 0.4) is 0 Å². The molecule has 0 amide bonds. The fourth-order valence-corrected chi connectivity index (χ4v) is 2.68. The standard InChI is InChI=1S/C9H19ClOSi/c1-9(2,3)12(5,6)8(10)7-11-4/h7H,1-6H3/b8-7+. The van der Waals surface area contributed by atoms with Crippen molar-refractivity contribution in [1.29, 1.82) is 0 Å². The third kappa shape index (κ3) is 2.52. The fourth-order valence-electron chi connectivity index (χ4n) is 0.609. The molecule has 0 N–H and O–H groups in total. The number of ether oxygens (including phenoxy) is 1. The molecule has 0 atom stereocenters. The summed E-state index contributed by atoms with van der Waals surface area (Å²) in [4.78, 5) is 0. The zero-order chi connectivity index (χ0) is 9.99. The molecule has 0 aliphatic rings. The Morgan fingerprint density at radius 1 is 1.33 bits per heavy atom. The van der Waals surface area contributed by atoms with E-state index in [1.54, 1.807) is 13.4 Å². The van der Waals surface area contributed by atoms with Crippen molar-refractivity contribution < 1.29 is 4.74 Å². The van der Waals surface area contributed by atoms with Gasteiger partial charge in [-0.05, 0) is 5.04 Å². The Labute approximate surface area is 81.8 Å².